The fourth-order valence-corrected chi connectivity index (χ4v) is 5.81. The van der Waals surface area contributed by atoms with E-state index in [9.17, 15) is 24.6 Å². The minimum absolute atomic E-state index is 0.0228. The summed E-state index contributed by atoms with van der Waals surface area (Å²) >= 11 is 0. The number of hydrogen-bond donors (Lipinski definition) is 5. The van der Waals surface area contributed by atoms with Gasteiger partial charge in [0.1, 0.15) is 17.4 Å². The maximum absolute atomic E-state index is 14.1. The lowest BCUT2D eigenvalue weighted by Gasteiger charge is -2.36. The van der Waals surface area contributed by atoms with Crippen LogP contribution in [0.15, 0.2) is 54.6 Å². The van der Waals surface area contributed by atoms with Crippen LogP contribution in [0.5, 0.6) is 5.75 Å². The molecule has 0 spiro atoms. The Hall–Kier alpha value is -3.63. The van der Waals surface area contributed by atoms with Gasteiger partial charge in [0.15, 0.2) is 0 Å². The van der Waals surface area contributed by atoms with E-state index < -0.39 is 35.8 Å². The number of likely N-dealkylation sites (tertiary alicyclic amines) is 1. The number of ether oxygens (including phenoxy) is 1. The number of carbonyl (C=O) groups excluding carboxylic acids is 3. The van der Waals surface area contributed by atoms with Gasteiger partial charge in [0, 0.05) is 25.0 Å². The van der Waals surface area contributed by atoms with Crippen molar-refractivity contribution in [1.29, 1.82) is 0 Å². The van der Waals surface area contributed by atoms with Crippen molar-refractivity contribution in [2.24, 2.45) is 11.8 Å². The Balaban J connectivity index is 1.85. The maximum Gasteiger partial charge on any atom is 0.407 e. The Morgan fingerprint density at radius 3 is 2.13 bits per heavy atom. The van der Waals surface area contributed by atoms with E-state index in [0.717, 1.165) is 24.0 Å². The lowest BCUT2D eigenvalue weighted by atomic mass is 9.87. The zero-order valence-electron chi connectivity index (χ0n) is 28.3. The number of aromatic hydroxyl groups is 1. The predicted molar refractivity (Wildman–Crippen MR) is 179 cm³/mol. The molecule has 46 heavy (non-hydrogen) atoms. The van der Waals surface area contributed by atoms with Crippen molar-refractivity contribution in [2.75, 3.05) is 20.1 Å². The Labute approximate surface area is 274 Å². The summed E-state index contributed by atoms with van der Waals surface area (Å²) in [5.74, 6) is -1.15. The van der Waals surface area contributed by atoms with Crippen molar-refractivity contribution in [3.05, 3.63) is 65.7 Å². The second-order valence-electron chi connectivity index (χ2n) is 13.6. The fourth-order valence-electron chi connectivity index (χ4n) is 5.81. The van der Waals surface area contributed by atoms with Gasteiger partial charge in [-0.25, -0.2) is 4.79 Å². The molecule has 0 bridgehead atoms. The van der Waals surface area contributed by atoms with Crippen LogP contribution < -0.4 is 16.0 Å². The number of aliphatic hydroxyl groups excluding tert-OH is 1. The van der Waals surface area contributed by atoms with Gasteiger partial charge in [-0.15, -0.1) is 0 Å². The van der Waals surface area contributed by atoms with E-state index in [1.807, 2.05) is 56.1 Å². The third-order valence-corrected chi connectivity index (χ3v) is 8.77. The Morgan fingerprint density at radius 2 is 1.57 bits per heavy atom. The highest BCUT2D eigenvalue weighted by Crippen LogP contribution is 2.23. The lowest BCUT2D eigenvalue weighted by Crippen LogP contribution is -2.56. The molecule has 10 heteroatoms. The second kappa shape index (κ2) is 17.3. The first-order valence-electron chi connectivity index (χ1n) is 16.5. The van der Waals surface area contributed by atoms with Gasteiger partial charge in [0.05, 0.1) is 12.1 Å². The molecule has 0 saturated carbocycles. The number of phenols is 1. The van der Waals surface area contributed by atoms with E-state index in [1.165, 1.54) is 0 Å². The Bertz CT molecular complexity index is 1240. The molecule has 1 saturated heterocycles. The first-order valence-corrected chi connectivity index (χ1v) is 16.5. The second-order valence-corrected chi connectivity index (χ2v) is 13.6. The monoisotopic (exact) mass is 638 g/mol. The number of carbonyl (C=O) groups is 3. The summed E-state index contributed by atoms with van der Waals surface area (Å²) in [5, 5.41) is 30.7. The number of aliphatic hydroxyl groups is 1. The molecular weight excluding hydrogens is 584 g/mol. The third-order valence-electron chi connectivity index (χ3n) is 8.77. The molecule has 3 unspecified atom stereocenters. The van der Waals surface area contributed by atoms with E-state index >= 15 is 0 Å². The largest absolute Gasteiger partial charge is 0.508 e. The minimum atomic E-state index is -1.11. The summed E-state index contributed by atoms with van der Waals surface area (Å²) in [6.45, 7) is 10.5. The molecule has 5 atom stereocenters. The molecule has 3 rings (SSSR count). The number of amides is 3. The predicted octanol–water partition coefficient (Wildman–Crippen LogP) is 4.18. The van der Waals surface area contributed by atoms with E-state index in [2.05, 4.69) is 16.0 Å². The van der Waals surface area contributed by atoms with Crippen LogP contribution in [0.25, 0.3) is 0 Å². The van der Waals surface area contributed by atoms with Gasteiger partial charge in [-0.3, -0.25) is 9.59 Å². The molecule has 0 aliphatic carbocycles. The van der Waals surface area contributed by atoms with Crippen LogP contribution in [0.2, 0.25) is 0 Å². The van der Waals surface area contributed by atoms with E-state index in [-0.39, 0.29) is 36.3 Å². The van der Waals surface area contributed by atoms with Gasteiger partial charge < -0.3 is 35.8 Å². The van der Waals surface area contributed by atoms with Crippen LogP contribution in [0, 0.1) is 11.8 Å². The van der Waals surface area contributed by atoms with Gasteiger partial charge in [0.25, 0.3) is 0 Å². The SMILES string of the molecule is CC[C@H](C)[C@H](NC(=O)C(Cc1ccc(O)cc1)CC(O)C(Cc1ccccc1)NC(=O)OC(C)(C)C)C(=O)N1CCC(NC)CC1. The summed E-state index contributed by atoms with van der Waals surface area (Å²) in [7, 11) is 1.93. The summed E-state index contributed by atoms with van der Waals surface area (Å²) in [6.07, 6.45) is 1.26. The first-order chi connectivity index (χ1) is 21.8. The summed E-state index contributed by atoms with van der Waals surface area (Å²) in [6, 6.07) is 15.0. The van der Waals surface area contributed by atoms with Crippen molar-refractivity contribution >= 4 is 17.9 Å². The molecule has 5 N–H and O–H groups in total. The zero-order valence-corrected chi connectivity index (χ0v) is 28.3. The standard InChI is InChI=1S/C36H54N4O6/c1-7-24(2)32(34(44)40-19-17-28(37-6)18-20-40)39-33(43)27(21-26-13-15-29(41)16-14-26)23-31(42)30(22-25-11-9-8-10-12-25)38-35(45)46-36(3,4)5/h8-16,24,27-28,30-32,37,41-42H,7,17-23H2,1-6H3,(H,38,45)(H,39,43)/t24-,27?,30?,31?,32-/m0/s1. The molecule has 0 radical (unpaired) electrons. The Kier molecular flexibility index (Phi) is 13.9. The van der Waals surface area contributed by atoms with Crippen LogP contribution in [0.4, 0.5) is 4.79 Å². The highest BCUT2D eigenvalue weighted by molar-refractivity contribution is 5.89. The lowest BCUT2D eigenvalue weighted by molar-refractivity contribution is -0.140. The number of benzene rings is 2. The highest BCUT2D eigenvalue weighted by Gasteiger charge is 2.35. The molecule has 254 valence electrons. The first kappa shape index (κ1) is 36.8. The smallest absolute Gasteiger partial charge is 0.407 e. The fraction of sp³-hybridized carbons (Fsp3) is 0.583. The number of nitrogens with one attached hydrogen (secondary N) is 3. The Morgan fingerprint density at radius 1 is 0.957 bits per heavy atom. The molecule has 10 nitrogen and oxygen atoms in total. The maximum atomic E-state index is 14.1. The van der Waals surface area contributed by atoms with Crippen LogP contribution in [-0.4, -0.2) is 83.0 Å². The molecule has 2 aromatic carbocycles. The number of hydrogen-bond acceptors (Lipinski definition) is 7. The van der Waals surface area contributed by atoms with Gasteiger partial charge in [-0.05, 0) is 89.1 Å². The average Bonchev–Trinajstić information content (AvgIpc) is 3.02. The van der Waals surface area contributed by atoms with Gasteiger partial charge >= 0.3 is 6.09 Å². The molecule has 1 aliphatic heterocycles. The minimum Gasteiger partial charge on any atom is -0.508 e. The number of nitrogens with zero attached hydrogens (tertiary/aromatic N) is 1. The third kappa shape index (κ3) is 11.6. The van der Waals surface area contributed by atoms with Gasteiger partial charge in [-0.2, -0.15) is 0 Å². The number of phenolic OH excluding ortho intramolecular Hbond substituents is 1. The zero-order chi connectivity index (χ0) is 33.9. The summed E-state index contributed by atoms with van der Waals surface area (Å²) in [5.41, 5.74) is 0.977. The van der Waals surface area contributed by atoms with Crippen molar-refractivity contribution in [3.8, 4) is 5.75 Å². The van der Waals surface area contributed by atoms with Crippen molar-refractivity contribution < 1.29 is 29.3 Å². The van der Waals surface area contributed by atoms with Crippen LogP contribution in [0.3, 0.4) is 0 Å². The van der Waals surface area contributed by atoms with E-state index in [1.54, 1.807) is 45.0 Å². The molecule has 2 aromatic rings. The van der Waals surface area contributed by atoms with Crippen molar-refractivity contribution in [3.63, 3.8) is 0 Å². The average molecular weight is 639 g/mol. The number of alkyl carbamates (subject to hydrolysis) is 1. The normalized spacial score (nSPS) is 17.3. The van der Waals surface area contributed by atoms with Crippen LogP contribution in [-0.2, 0) is 27.2 Å². The van der Waals surface area contributed by atoms with Crippen LogP contribution >= 0.6 is 0 Å². The molecule has 1 aliphatic rings. The topological polar surface area (TPSA) is 140 Å². The number of rotatable bonds is 14. The highest BCUT2D eigenvalue weighted by atomic mass is 16.6. The summed E-state index contributed by atoms with van der Waals surface area (Å²) < 4.78 is 5.49. The van der Waals surface area contributed by atoms with Crippen molar-refractivity contribution in [2.45, 2.75) is 103 Å². The molecular formula is C36H54N4O6. The molecule has 0 aromatic heterocycles. The van der Waals surface area contributed by atoms with Crippen molar-refractivity contribution in [1.82, 2.24) is 20.9 Å². The molecule has 3 amide bonds. The van der Waals surface area contributed by atoms with Gasteiger partial charge in [0.2, 0.25) is 11.8 Å². The quantitative estimate of drug-likeness (QED) is 0.209. The molecule has 1 fully saturated rings. The van der Waals surface area contributed by atoms with E-state index in [0.29, 0.717) is 32.0 Å². The van der Waals surface area contributed by atoms with Crippen LogP contribution in [0.1, 0.15) is 71.4 Å². The van der Waals surface area contributed by atoms with Gasteiger partial charge in [-0.1, -0.05) is 62.7 Å². The summed E-state index contributed by atoms with van der Waals surface area (Å²) in [4.78, 5) is 42.5. The number of piperidine rings is 1. The van der Waals surface area contributed by atoms with E-state index in [4.69, 9.17) is 4.74 Å². The molecule has 1 heterocycles.